The van der Waals surface area contributed by atoms with Gasteiger partial charge >= 0.3 is 0 Å². The van der Waals surface area contributed by atoms with Crippen LogP contribution >= 0.6 is 0 Å². The summed E-state index contributed by atoms with van der Waals surface area (Å²) in [6, 6.07) is 8.58. The molecule has 1 unspecified atom stereocenters. The van der Waals surface area contributed by atoms with Crippen LogP contribution in [0.25, 0.3) is 0 Å². The van der Waals surface area contributed by atoms with Crippen molar-refractivity contribution in [3.05, 3.63) is 47.1 Å². The maximum Gasteiger partial charge on any atom is 0.230 e. The predicted molar refractivity (Wildman–Crippen MR) is 68.2 cm³/mol. The molecule has 1 aromatic carbocycles. The lowest BCUT2D eigenvalue weighted by Gasteiger charge is -2.00. The highest BCUT2D eigenvalue weighted by atomic mass is 16.5. The van der Waals surface area contributed by atoms with Crippen molar-refractivity contribution < 1.29 is 4.52 Å². The van der Waals surface area contributed by atoms with Gasteiger partial charge < -0.3 is 10.3 Å². The van der Waals surface area contributed by atoms with Crippen LogP contribution in [0.5, 0.6) is 0 Å². The number of hydrogen-bond acceptors (Lipinski definition) is 4. The van der Waals surface area contributed by atoms with E-state index in [0.717, 1.165) is 24.6 Å². The Morgan fingerprint density at radius 2 is 2.00 bits per heavy atom. The third-order valence-corrected chi connectivity index (χ3v) is 3.39. The first-order valence-electron chi connectivity index (χ1n) is 6.37. The average molecular weight is 243 g/mol. The van der Waals surface area contributed by atoms with E-state index in [1.165, 1.54) is 11.1 Å². The van der Waals surface area contributed by atoms with Crippen molar-refractivity contribution in [2.45, 2.75) is 38.1 Å². The van der Waals surface area contributed by atoms with Crippen LogP contribution < -0.4 is 5.73 Å². The van der Waals surface area contributed by atoms with Crippen LogP contribution in [0, 0.1) is 0 Å². The fourth-order valence-corrected chi connectivity index (χ4v) is 2.54. The molecule has 0 bridgehead atoms. The lowest BCUT2D eigenvalue weighted by molar-refractivity contribution is 0.351. The van der Waals surface area contributed by atoms with Crippen LogP contribution in [0.4, 0.5) is 0 Å². The zero-order valence-corrected chi connectivity index (χ0v) is 10.5. The van der Waals surface area contributed by atoms with E-state index in [9.17, 15) is 0 Å². The van der Waals surface area contributed by atoms with Gasteiger partial charge in [-0.05, 0) is 30.9 Å². The number of nitrogens with zero attached hydrogens (tertiary/aromatic N) is 2. The Morgan fingerprint density at radius 3 is 2.61 bits per heavy atom. The first-order valence-corrected chi connectivity index (χ1v) is 6.37. The zero-order chi connectivity index (χ0) is 12.5. The van der Waals surface area contributed by atoms with Crippen LogP contribution in [0.1, 0.15) is 35.7 Å². The number of aromatic nitrogens is 2. The molecule has 0 saturated carbocycles. The van der Waals surface area contributed by atoms with Crippen LogP contribution in [0.3, 0.4) is 0 Å². The van der Waals surface area contributed by atoms with Gasteiger partial charge in [0, 0.05) is 18.4 Å². The molecule has 0 spiro atoms. The number of hydrogen-bond donors (Lipinski definition) is 1. The molecule has 0 saturated heterocycles. The molecule has 0 amide bonds. The summed E-state index contributed by atoms with van der Waals surface area (Å²) in [4.78, 5) is 4.46. The third kappa shape index (κ3) is 2.16. The van der Waals surface area contributed by atoms with Crippen molar-refractivity contribution in [2.24, 2.45) is 5.73 Å². The minimum atomic E-state index is 0.0659. The van der Waals surface area contributed by atoms with Gasteiger partial charge in [0.2, 0.25) is 5.89 Å². The molecule has 0 aliphatic heterocycles. The number of rotatable bonds is 3. The third-order valence-electron chi connectivity index (χ3n) is 3.39. The molecule has 4 nitrogen and oxygen atoms in total. The van der Waals surface area contributed by atoms with Gasteiger partial charge in [-0.2, -0.15) is 4.98 Å². The molecule has 0 fully saturated rings. The van der Waals surface area contributed by atoms with E-state index in [0.29, 0.717) is 12.3 Å². The van der Waals surface area contributed by atoms with Crippen molar-refractivity contribution in [3.8, 4) is 0 Å². The lowest BCUT2D eigenvalue weighted by Crippen LogP contribution is -2.18. The van der Waals surface area contributed by atoms with Crippen molar-refractivity contribution >= 4 is 0 Å². The van der Waals surface area contributed by atoms with Crippen LogP contribution in [0.2, 0.25) is 0 Å². The summed E-state index contributed by atoms with van der Waals surface area (Å²) in [7, 11) is 0. The Morgan fingerprint density at radius 1 is 1.33 bits per heavy atom. The molecule has 1 atom stereocenters. The summed E-state index contributed by atoms with van der Waals surface area (Å²) in [5.74, 6) is 1.80. The summed E-state index contributed by atoms with van der Waals surface area (Å²) in [5, 5.41) is 4.00. The van der Waals surface area contributed by atoms with E-state index in [1.807, 2.05) is 6.92 Å². The predicted octanol–water partition coefficient (Wildman–Crippen LogP) is 1.84. The van der Waals surface area contributed by atoms with Crippen molar-refractivity contribution in [3.63, 3.8) is 0 Å². The first kappa shape index (κ1) is 11.4. The summed E-state index contributed by atoms with van der Waals surface area (Å²) >= 11 is 0. The number of fused-ring (bicyclic) bond motifs is 1. The quantitative estimate of drug-likeness (QED) is 0.893. The Labute approximate surface area is 106 Å². The average Bonchev–Trinajstić information content (AvgIpc) is 2.93. The molecular formula is C14H17N3O. The van der Waals surface area contributed by atoms with Gasteiger partial charge in [0.15, 0.2) is 5.82 Å². The lowest BCUT2D eigenvalue weighted by atomic mass is 10.1. The van der Waals surface area contributed by atoms with E-state index < -0.39 is 0 Å². The maximum absolute atomic E-state index is 5.73. The minimum absolute atomic E-state index is 0.0659. The second-order valence-corrected chi connectivity index (χ2v) is 5.10. The molecular weight excluding hydrogens is 226 g/mol. The molecule has 1 aliphatic rings. The summed E-state index contributed by atoms with van der Waals surface area (Å²) in [6.45, 7) is 1.95. The molecule has 0 radical (unpaired) electrons. The highest BCUT2D eigenvalue weighted by molar-refractivity contribution is 5.34. The first-order chi connectivity index (χ1) is 8.72. The molecule has 94 valence electrons. The number of nitrogens with two attached hydrogens (primary N) is 1. The van der Waals surface area contributed by atoms with E-state index in [4.69, 9.17) is 10.3 Å². The van der Waals surface area contributed by atoms with Crippen molar-refractivity contribution in [2.75, 3.05) is 0 Å². The van der Waals surface area contributed by atoms with Gasteiger partial charge in [0.25, 0.3) is 0 Å². The molecule has 2 N–H and O–H groups in total. The maximum atomic E-state index is 5.73. The van der Waals surface area contributed by atoms with Crippen LogP contribution in [-0.4, -0.2) is 16.2 Å². The fourth-order valence-electron chi connectivity index (χ4n) is 2.54. The van der Waals surface area contributed by atoms with Gasteiger partial charge in [-0.25, -0.2) is 0 Å². The molecule has 1 heterocycles. The van der Waals surface area contributed by atoms with Crippen molar-refractivity contribution in [1.82, 2.24) is 10.1 Å². The Hall–Kier alpha value is -1.68. The normalized spacial score (nSPS) is 16.8. The highest BCUT2D eigenvalue weighted by Crippen LogP contribution is 2.32. The SMILES string of the molecule is CC(N)Cc1noc(C2Cc3ccccc3C2)n1. The zero-order valence-electron chi connectivity index (χ0n) is 10.5. The smallest absolute Gasteiger partial charge is 0.230 e. The minimum Gasteiger partial charge on any atom is -0.339 e. The molecule has 18 heavy (non-hydrogen) atoms. The second kappa shape index (κ2) is 4.53. The summed E-state index contributed by atoms with van der Waals surface area (Å²) < 4.78 is 5.36. The van der Waals surface area contributed by atoms with Crippen LogP contribution in [-0.2, 0) is 19.3 Å². The fraction of sp³-hybridized carbons (Fsp3) is 0.429. The molecule has 2 aromatic rings. The van der Waals surface area contributed by atoms with Crippen LogP contribution in [0.15, 0.2) is 28.8 Å². The topological polar surface area (TPSA) is 64.9 Å². The van der Waals surface area contributed by atoms with Gasteiger partial charge in [-0.3, -0.25) is 0 Å². The van der Waals surface area contributed by atoms with Gasteiger partial charge in [-0.15, -0.1) is 0 Å². The summed E-state index contributed by atoms with van der Waals surface area (Å²) in [6.07, 6.45) is 2.66. The molecule has 1 aromatic heterocycles. The van der Waals surface area contributed by atoms with Gasteiger partial charge in [0.1, 0.15) is 0 Å². The van der Waals surface area contributed by atoms with Gasteiger partial charge in [-0.1, -0.05) is 29.4 Å². The Balaban J connectivity index is 1.76. The van der Waals surface area contributed by atoms with E-state index in [-0.39, 0.29) is 6.04 Å². The molecule has 3 rings (SSSR count). The van der Waals surface area contributed by atoms with Gasteiger partial charge in [0.05, 0.1) is 0 Å². The standard InChI is InChI=1S/C14H17N3O/c1-9(15)6-13-16-14(18-17-13)12-7-10-4-2-3-5-11(10)8-12/h2-5,9,12H,6-8,15H2,1H3. The highest BCUT2D eigenvalue weighted by Gasteiger charge is 2.27. The largest absolute Gasteiger partial charge is 0.339 e. The Bertz CT molecular complexity index is 522. The Kier molecular flexibility index (Phi) is 2.88. The summed E-state index contributed by atoms with van der Waals surface area (Å²) in [5.41, 5.74) is 8.53. The molecule has 4 heteroatoms. The van der Waals surface area contributed by atoms with Crippen molar-refractivity contribution in [1.29, 1.82) is 0 Å². The second-order valence-electron chi connectivity index (χ2n) is 5.10. The van der Waals surface area contributed by atoms with E-state index in [1.54, 1.807) is 0 Å². The molecule has 1 aliphatic carbocycles. The monoisotopic (exact) mass is 243 g/mol. The van der Waals surface area contributed by atoms with E-state index in [2.05, 4.69) is 34.4 Å². The number of benzene rings is 1. The van der Waals surface area contributed by atoms with E-state index >= 15 is 0 Å².